The number of ether oxygens (including phenoxy) is 1. The van der Waals surface area contributed by atoms with Gasteiger partial charge in [0.2, 0.25) is 0 Å². The van der Waals surface area contributed by atoms with Crippen molar-refractivity contribution in [3.05, 3.63) is 24.0 Å². The maximum Gasteiger partial charge on any atom is 0.127 e. The van der Waals surface area contributed by atoms with Gasteiger partial charge in [-0.05, 0) is 24.5 Å². The van der Waals surface area contributed by atoms with Gasteiger partial charge in [0.1, 0.15) is 11.6 Å². The number of imidazole rings is 1. The van der Waals surface area contributed by atoms with Crippen molar-refractivity contribution in [2.75, 3.05) is 7.11 Å². The van der Waals surface area contributed by atoms with E-state index in [-0.39, 0.29) is 6.04 Å². The van der Waals surface area contributed by atoms with Gasteiger partial charge in [-0.2, -0.15) is 0 Å². The Balaban J connectivity index is 2.58. The van der Waals surface area contributed by atoms with Gasteiger partial charge in [0.05, 0.1) is 24.2 Å². The number of hydrogen-bond acceptors (Lipinski definition) is 3. The van der Waals surface area contributed by atoms with Crippen LogP contribution in [-0.2, 0) is 6.54 Å². The first kappa shape index (κ1) is 13.9. The molecule has 4 heteroatoms. The molecular weight excluding hydrogens is 238 g/mol. The predicted octanol–water partition coefficient (Wildman–Crippen LogP) is 3.11. The van der Waals surface area contributed by atoms with Crippen LogP contribution in [0.15, 0.2) is 18.2 Å². The van der Waals surface area contributed by atoms with E-state index >= 15 is 0 Å². The van der Waals surface area contributed by atoms with Gasteiger partial charge in [-0.25, -0.2) is 4.98 Å². The lowest BCUT2D eigenvalue weighted by Gasteiger charge is -2.17. The molecule has 0 fully saturated rings. The second kappa shape index (κ2) is 5.61. The van der Waals surface area contributed by atoms with E-state index in [0.29, 0.717) is 5.92 Å². The molecule has 4 nitrogen and oxygen atoms in total. The van der Waals surface area contributed by atoms with E-state index in [2.05, 4.69) is 31.4 Å². The van der Waals surface area contributed by atoms with Crippen molar-refractivity contribution in [1.29, 1.82) is 0 Å². The van der Waals surface area contributed by atoms with E-state index in [9.17, 15) is 0 Å². The number of aromatic nitrogens is 2. The standard InChI is InChI=1S/C15H23N3O/c1-5-8-18-13-7-6-11(19-4)9-12(13)17-15(18)14(16)10(2)3/h6-7,9-10,14H,5,8,16H2,1-4H3. The van der Waals surface area contributed by atoms with E-state index in [1.807, 2.05) is 12.1 Å². The Morgan fingerprint density at radius 1 is 1.37 bits per heavy atom. The molecule has 2 rings (SSSR count). The minimum atomic E-state index is -0.0371. The van der Waals surface area contributed by atoms with Crippen molar-refractivity contribution in [3.63, 3.8) is 0 Å². The molecule has 19 heavy (non-hydrogen) atoms. The molecule has 0 saturated heterocycles. The number of nitrogens with zero attached hydrogens (tertiary/aromatic N) is 2. The van der Waals surface area contributed by atoms with E-state index < -0.39 is 0 Å². The average Bonchev–Trinajstić information content (AvgIpc) is 2.76. The molecule has 0 radical (unpaired) electrons. The molecule has 104 valence electrons. The van der Waals surface area contributed by atoms with Crippen LogP contribution in [0.5, 0.6) is 5.75 Å². The largest absolute Gasteiger partial charge is 0.497 e. The number of hydrogen-bond donors (Lipinski definition) is 1. The van der Waals surface area contributed by atoms with E-state index in [1.54, 1.807) is 7.11 Å². The first-order chi connectivity index (χ1) is 9.08. The van der Waals surface area contributed by atoms with Crippen LogP contribution in [0.1, 0.15) is 39.1 Å². The lowest BCUT2D eigenvalue weighted by Crippen LogP contribution is -2.21. The summed E-state index contributed by atoms with van der Waals surface area (Å²) in [4.78, 5) is 4.72. The summed E-state index contributed by atoms with van der Waals surface area (Å²) in [5, 5.41) is 0. The fourth-order valence-electron chi connectivity index (χ4n) is 2.27. The lowest BCUT2D eigenvalue weighted by atomic mass is 10.1. The van der Waals surface area contributed by atoms with Gasteiger partial charge in [0.15, 0.2) is 0 Å². The summed E-state index contributed by atoms with van der Waals surface area (Å²) >= 11 is 0. The highest BCUT2D eigenvalue weighted by atomic mass is 16.5. The summed E-state index contributed by atoms with van der Waals surface area (Å²) < 4.78 is 7.49. The molecule has 1 aromatic carbocycles. The van der Waals surface area contributed by atoms with Crippen LogP contribution >= 0.6 is 0 Å². The van der Waals surface area contributed by atoms with Crippen molar-refractivity contribution in [2.45, 2.75) is 39.8 Å². The second-order valence-electron chi connectivity index (χ2n) is 5.25. The molecule has 1 heterocycles. The van der Waals surface area contributed by atoms with Crippen LogP contribution in [0, 0.1) is 5.92 Å². The molecule has 0 bridgehead atoms. The summed E-state index contributed by atoms with van der Waals surface area (Å²) in [6.45, 7) is 7.36. The maximum atomic E-state index is 6.29. The van der Waals surface area contributed by atoms with E-state index in [4.69, 9.17) is 15.5 Å². The molecular formula is C15H23N3O. The Labute approximate surface area is 114 Å². The Hall–Kier alpha value is -1.55. The third-order valence-electron chi connectivity index (χ3n) is 3.45. The fourth-order valence-corrected chi connectivity index (χ4v) is 2.27. The zero-order valence-corrected chi connectivity index (χ0v) is 12.2. The van der Waals surface area contributed by atoms with Gasteiger partial charge in [0, 0.05) is 12.6 Å². The zero-order chi connectivity index (χ0) is 14.0. The highest BCUT2D eigenvalue weighted by Gasteiger charge is 2.19. The molecule has 0 saturated carbocycles. The summed E-state index contributed by atoms with van der Waals surface area (Å²) in [5.41, 5.74) is 8.38. The summed E-state index contributed by atoms with van der Waals surface area (Å²) in [6, 6.07) is 5.97. The van der Waals surface area contributed by atoms with Crippen molar-refractivity contribution < 1.29 is 4.74 Å². The summed E-state index contributed by atoms with van der Waals surface area (Å²) in [6.07, 6.45) is 1.06. The minimum absolute atomic E-state index is 0.0371. The fraction of sp³-hybridized carbons (Fsp3) is 0.533. The summed E-state index contributed by atoms with van der Waals surface area (Å²) in [7, 11) is 1.67. The Morgan fingerprint density at radius 3 is 2.68 bits per heavy atom. The number of nitrogens with two attached hydrogens (primary N) is 1. The monoisotopic (exact) mass is 261 g/mol. The molecule has 0 amide bonds. The van der Waals surface area contributed by atoms with Gasteiger partial charge < -0.3 is 15.0 Å². The average molecular weight is 261 g/mol. The van der Waals surface area contributed by atoms with E-state index in [1.165, 1.54) is 0 Å². The quantitative estimate of drug-likeness (QED) is 0.899. The molecule has 1 aromatic heterocycles. The Kier molecular flexibility index (Phi) is 4.10. The van der Waals surface area contributed by atoms with Crippen LogP contribution < -0.4 is 10.5 Å². The highest BCUT2D eigenvalue weighted by Crippen LogP contribution is 2.26. The van der Waals surface area contributed by atoms with Crippen LogP contribution in [0.2, 0.25) is 0 Å². The smallest absolute Gasteiger partial charge is 0.127 e. The third-order valence-corrected chi connectivity index (χ3v) is 3.45. The predicted molar refractivity (Wildman–Crippen MR) is 78.3 cm³/mol. The van der Waals surface area contributed by atoms with Gasteiger partial charge in [-0.3, -0.25) is 0 Å². The lowest BCUT2D eigenvalue weighted by molar-refractivity contribution is 0.415. The Morgan fingerprint density at radius 2 is 2.11 bits per heavy atom. The van der Waals surface area contributed by atoms with Crippen LogP contribution in [0.4, 0.5) is 0 Å². The van der Waals surface area contributed by atoms with Gasteiger partial charge in [0.25, 0.3) is 0 Å². The molecule has 1 atom stereocenters. The molecule has 0 aliphatic carbocycles. The third kappa shape index (κ3) is 2.59. The molecule has 0 aliphatic rings. The van der Waals surface area contributed by atoms with Crippen molar-refractivity contribution in [1.82, 2.24) is 9.55 Å². The first-order valence-corrected chi connectivity index (χ1v) is 6.88. The first-order valence-electron chi connectivity index (χ1n) is 6.88. The van der Waals surface area contributed by atoms with Gasteiger partial charge in [-0.15, -0.1) is 0 Å². The number of rotatable bonds is 5. The number of fused-ring (bicyclic) bond motifs is 1. The molecule has 2 aromatic rings. The number of methoxy groups -OCH3 is 1. The second-order valence-corrected chi connectivity index (χ2v) is 5.25. The SMILES string of the molecule is CCCn1c(C(N)C(C)C)nc2cc(OC)ccc21. The van der Waals surface area contributed by atoms with Crippen LogP contribution in [-0.4, -0.2) is 16.7 Å². The van der Waals surface area contributed by atoms with Crippen molar-refractivity contribution in [3.8, 4) is 5.75 Å². The van der Waals surface area contributed by atoms with Crippen molar-refractivity contribution in [2.24, 2.45) is 11.7 Å². The Bertz CT molecular complexity index is 560. The molecule has 0 spiro atoms. The molecule has 0 aliphatic heterocycles. The number of benzene rings is 1. The summed E-state index contributed by atoms with van der Waals surface area (Å²) in [5.74, 6) is 2.17. The van der Waals surface area contributed by atoms with Crippen molar-refractivity contribution >= 4 is 11.0 Å². The van der Waals surface area contributed by atoms with Gasteiger partial charge >= 0.3 is 0 Å². The highest BCUT2D eigenvalue weighted by molar-refractivity contribution is 5.78. The van der Waals surface area contributed by atoms with Crippen LogP contribution in [0.25, 0.3) is 11.0 Å². The van der Waals surface area contributed by atoms with Gasteiger partial charge in [-0.1, -0.05) is 20.8 Å². The normalized spacial score (nSPS) is 13.2. The number of aryl methyl sites for hydroxylation is 1. The molecule has 1 unspecified atom stereocenters. The topological polar surface area (TPSA) is 53.1 Å². The van der Waals surface area contributed by atoms with E-state index in [0.717, 1.165) is 35.6 Å². The maximum absolute atomic E-state index is 6.29. The van der Waals surface area contributed by atoms with Crippen LogP contribution in [0.3, 0.4) is 0 Å². The zero-order valence-electron chi connectivity index (χ0n) is 12.2. The molecule has 2 N–H and O–H groups in total. The minimum Gasteiger partial charge on any atom is -0.497 e.